The summed E-state index contributed by atoms with van der Waals surface area (Å²) in [7, 11) is 0. The summed E-state index contributed by atoms with van der Waals surface area (Å²) in [5.41, 5.74) is 2.09. The Morgan fingerprint density at radius 3 is 2.75 bits per heavy atom. The summed E-state index contributed by atoms with van der Waals surface area (Å²) in [5, 5.41) is 3.44. The quantitative estimate of drug-likeness (QED) is 0.556. The van der Waals surface area contributed by atoms with Gasteiger partial charge in [0, 0.05) is 36.1 Å². The molecule has 0 saturated heterocycles. The zero-order valence-electron chi connectivity index (χ0n) is 11.2. The Kier molecular flexibility index (Phi) is 4.35. The number of hydrogen-bond acceptors (Lipinski definition) is 3. The lowest BCUT2D eigenvalue weighted by Gasteiger charge is -2.02. The number of nitrogens with zero attached hydrogens (tertiary/aromatic N) is 2. The molecular formula is C16H17N3S. The SMILES string of the molecule is c1ccc(SCCNCc2cn3ccccc3n2)cc1. The van der Waals surface area contributed by atoms with Crippen molar-refractivity contribution in [3.05, 3.63) is 66.6 Å². The van der Waals surface area contributed by atoms with Gasteiger partial charge in [0.15, 0.2) is 0 Å². The molecule has 102 valence electrons. The van der Waals surface area contributed by atoms with Crippen LogP contribution in [0.2, 0.25) is 0 Å². The molecule has 0 amide bonds. The van der Waals surface area contributed by atoms with E-state index in [2.05, 4.69) is 45.2 Å². The summed E-state index contributed by atoms with van der Waals surface area (Å²) in [5.74, 6) is 1.07. The van der Waals surface area contributed by atoms with Crippen LogP contribution in [-0.4, -0.2) is 21.7 Å². The van der Waals surface area contributed by atoms with Gasteiger partial charge in [-0.15, -0.1) is 11.8 Å². The van der Waals surface area contributed by atoms with Crippen molar-refractivity contribution in [2.45, 2.75) is 11.4 Å². The van der Waals surface area contributed by atoms with Crippen LogP contribution < -0.4 is 5.32 Å². The molecule has 0 atom stereocenters. The maximum absolute atomic E-state index is 4.56. The second kappa shape index (κ2) is 6.59. The van der Waals surface area contributed by atoms with Gasteiger partial charge in [0.1, 0.15) is 5.65 Å². The number of fused-ring (bicyclic) bond motifs is 1. The highest BCUT2D eigenvalue weighted by Gasteiger charge is 2.00. The molecule has 2 heterocycles. The van der Waals surface area contributed by atoms with Crippen molar-refractivity contribution in [1.29, 1.82) is 0 Å². The van der Waals surface area contributed by atoms with E-state index in [1.165, 1.54) is 4.90 Å². The predicted molar refractivity (Wildman–Crippen MR) is 84.1 cm³/mol. The van der Waals surface area contributed by atoms with Crippen LogP contribution in [0.1, 0.15) is 5.69 Å². The van der Waals surface area contributed by atoms with Gasteiger partial charge in [0.25, 0.3) is 0 Å². The van der Waals surface area contributed by atoms with E-state index in [0.29, 0.717) is 0 Å². The van der Waals surface area contributed by atoms with Crippen LogP contribution in [0.5, 0.6) is 0 Å². The molecule has 20 heavy (non-hydrogen) atoms. The fourth-order valence-electron chi connectivity index (χ4n) is 2.05. The van der Waals surface area contributed by atoms with Gasteiger partial charge in [0.05, 0.1) is 5.69 Å². The van der Waals surface area contributed by atoms with Gasteiger partial charge in [-0.1, -0.05) is 24.3 Å². The number of hydrogen-bond donors (Lipinski definition) is 1. The zero-order valence-corrected chi connectivity index (χ0v) is 12.0. The van der Waals surface area contributed by atoms with E-state index in [1.807, 2.05) is 42.2 Å². The Morgan fingerprint density at radius 1 is 1.05 bits per heavy atom. The van der Waals surface area contributed by atoms with Crippen LogP contribution >= 0.6 is 11.8 Å². The van der Waals surface area contributed by atoms with E-state index < -0.39 is 0 Å². The lowest BCUT2D eigenvalue weighted by Crippen LogP contribution is -2.16. The van der Waals surface area contributed by atoms with Crippen LogP contribution in [0.15, 0.2) is 65.8 Å². The topological polar surface area (TPSA) is 29.3 Å². The molecular weight excluding hydrogens is 266 g/mol. The molecule has 3 nitrogen and oxygen atoms in total. The Bertz CT molecular complexity index is 631. The first-order valence-corrected chi connectivity index (χ1v) is 7.71. The highest BCUT2D eigenvalue weighted by Crippen LogP contribution is 2.15. The summed E-state index contributed by atoms with van der Waals surface area (Å²) >= 11 is 1.87. The molecule has 0 spiro atoms. The number of pyridine rings is 1. The highest BCUT2D eigenvalue weighted by molar-refractivity contribution is 7.99. The standard InChI is InChI=1S/C16H17N3S/c1-2-6-15(7-3-1)20-11-9-17-12-14-13-19-10-5-4-8-16(19)18-14/h1-8,10,13,17H,9,11-12H2. The molecule has 4 heteroatoms. The third-order valence-electron chi connectivity index (χ3n) is 3.01. The minimum absolute atomic E-state index is 0.816. The van der Waals surface area contributed by atoms with E-state index in [0.717, 1.165) is 30.2 Å². The Morgan fingerprint density at radius 2 is 1.90 bits per heavy atom. The first-order valence-electron chi connectivity index (χ1n) is 6.73. The van der Waals surface area contributed by atoms with Crippen LogP contribution in [0.3, 0.4) is 0 Å². The number of nitrogens with one attached hydrogen (secondary N) is 1. The van der Waals surface area contributed by atoms with Gasteiger partial charge in [-0.2, -0.15) is 0 Å². The molecule has 0 aliphatic rings. The van der Waals surface area contributed by atoms with Gasteiger partial charge in [0.2, 0.25) is 0 Å². The lowest BCUT2D eigenvalue weighted by molar-refractivity contribution is 0.719. The van der Waals surface area contributed by atoms with Crippen LogP contribution in [-0.2, 0) is 6.54 Å². The minimum atomic E-state index is 0.816. The number of aromatic nitrogens is 2. The molecule has 0 fully saturated rings. The number of thioether (sulfide) groups is 1. The molecule has 2 aromatic heterocycles. The lowest BCUT2D eigenvalue weighted by atomic mass is 10.4. The van der Waals surface area contributed by atoms with Crippen molar-refractivity contribution in [2.24, 2.45) is 0 Å². The molecule has 0 aliphatic carbocycles. The van der Waals surface area contributed by atoms with E-state index >= 15 is 0 Å². The van der Waals surface area contributed by atoms with Gasteiger partial charge < -0.3 is 9.72 Å². The highest BCUT2D eigenvalue weighted by atomic mass is 32.2. The predicted octanol–water partition coefficient (Wildman–Crippen LogP) is 3.22. The number of rotatable bonds is 6. The van der Waals surface area contributed by atoms with E-state index in [1.54, 1.807) is 0 Å². The summed E-state index contributed by atoms with van der Waals surface area (Å²) < 4.78 is 2.05. The van der Waals surface area contributed by atoms with Gasteiger partial charge in [-0.3, -0.25) is 0 Å². The maximum Gasteiger partial charge on any atom is 0.137 e. The maximum atomic E-state index is 4.56. The first-order chi connectivity index (χ1) is 9.92. The molecule has 1 aromatic carbocycles. The number of imidazole rings is 1. The Hall–Kier alpha value is -1.78. The Balaban J connectivity index is 1.43. The van der Waals surface area contributed by atoms with E-state index in [9.17, 15) is 0 Å². The normalized spacial score (nSPS) is 11.0. The second-order valence-electron chi connectivity index (χ2n) is 4.54. The molecule has 0 saturated carbocycles. The Labute approximate surface area is 123 Å². The average Bonchev–Trinajstić information content (AvgIpc) is 2.90. The molecule has 3 aromatic rings. The largest absolute Gasteiger partial charge is 0.310 e. The van der Waals surface area contributed by atoms with Crippen molar-refractivity contribution in [2.75, 3.05) is 12.3 Å². The van der Waals surface area contributed by atoms with Crippen molar-refractivity contribution in [3.63, 3.8) is 0 Å². The van der Waals surface area contributed by atoms with E-state index in [-0.39, 0.29) is 0 Å². The van der Waals surface area contributed by atoms with Gasteiger partial charge in [-0.25, -0.2) is 4.98 Å². The van der Waals surface area contributed by atoms with Crippen molar-refractivity contribution < 1.29 is 0 Å². The fraction of sp³-hybridized carbons (Fsp3) is 0.188. The van der Waals surface area contributed by atoms with Crippen molar-refractivity contribution in [1.82, 2.24) is 14.7 Å². The van der Waals surface area contributed by atoms with Crippen LogP contribution in [0.25, 0.3) is 5.65 Å². The second-order valence-corrected chi connectivity index (χ2v) is 5.70. The summed E-state index contributed by atoms with van der Waals surface area (Å²) in [6.07, 6.45) is 4.10. The smallest absolute Gasteiger partial charge is 0.137 e. The van der Waals surface area contributed by atoms with Crippen molar-refractivity contribution >= 4 is 17.4 Å². The molecule has 0 bridgehead atoms. The monoisotopic (exact) mass is 283 g/mol. The molecule has 1 N–H and O–H groups in total. The average molecular weight is 283 g/mol. The third kappa shape index (κ3) is 3.40. The van der Waals surface area contributed by atoms with Crippen LogP contribution in [0, 0.1) is 0 Å². The minimum Gasteiger partial charge on any atom is -0.310 e. The first kappa shape index (κ1) is 13.2. The third-order valence-corrected chi connectivity index (χ3v) is 4.02. The summed E-state index contributed by atoms with van der Waals surface area (Å²) in [6.45, 7) is 1.80. The van der Waals surface area contributed by atoms with Crippen LogP contribution in [0.4, 0.5) is 0 Å². The van der Waals surface area contributed by atoms with Gasteiger partial charge in [-0.05, 0) is 24.3 Å². The molecule has 0 aliphatic heterocycles. The van der Waals surface area contributed by atoms with Crippen molar-refractivity contribution in [3.8, 4) is 0 Å². The molecule has 0 radical (unpaired) electrons. The summed E-state index contributed by atoms with van der Waals surface area (Å²) in [4.78, 5) is 5.88. The zero-order chi connectivity index (χ0) is 13.6. The summed E-state index contributed by atoms with van der Waals surface area (Å²) in [6, 6.07) is 16.5. The van der Waals surface area contributed by atoms with E-state index in [4.69, 9.17) is 0 Å². The van der Waals surface area contributed by atoms with Gasteiger partial charge >= 0.3 is 0 Å². The molecule has 3 rings (SSSR count). The fourth-order valence-corrected chi connectivity index (χ4v) is 2.88. The molecule has 0 unspecified atom stereocenters. The number of benzene rings is 1.